The van der Waals surface area contributed by atoms with Gasteiger partial charge in [0.25, 0.3) is 0 Å². The molecule has 2 aliphatic carbocycles. The Morgan fingerprint density at radius 3 is 2.13 bits per heavy atom. The largest absolute Gasteiger partial charge is 0.326 e. The Morgan fingerprint density at radius 2 is 1.47 bits per heavy atom. The van der Waals surface area contributed by atoms with E-state index in [1.807, 2.05) is 0 Å². The van der Waals surface area contributed by atoms with Gasteiger partial charge in [0.2, 0.25) is 0 Å². The Hall–Kier alpha value is -0.0800. The lowest BCUT2D eigenvalue weighted by Gasteiger charge is -2.34. The van der Waals surface area contributed by atoms with Crippen LogP contribution in [0.25, 0.3) is 0 Å². The van der Waals surface area contributed by atoms with Crippen LogP contribution in [0.2, 0.25) is 0 Å². The predicted octanol–water partition coefficient (Wildman–Crippen LogP) is 2.41. The van der Waals surface area contributed by atoms with Crippen molar-refractivity contribution in [3.8, 4) is 0 Å². The van der Waals surface area contributed by atoms with Gasteiger partial charge < -0.3 is 11.5 Å². The van der Waals surface area contributed by atoms with Gasteiger partial charge in [-0.15, -0.1) is 0 Å². The van der Waals surface area contributed by atoms with Gasteiger partial charge >= 0.3 is 0 Å². The summed E-state index contributed by atoms with van der Waals surface area (Å²) in [5.74, 6) is 1.88. The summed E-state index contributed by atoms with van der Waals surface area (Å²) in [6, 6.07) is 0.542. The highest BCUT2D eigenvalue weighted by Gasteiger charge is 2.27. The van der Waals surface area contributed by atoms with Crippen LogP contribution in [0.1, 0.15) is 57.8 Å². The van der Waals surface area contributed by atoms with Crippen LogP contribution in [-0.4, -0.2) is 12.1 Å². The highest BCUT2D eigenvalue weighted by Crippen LogP contribution is 2.34. The topological polar surface area (TPSA) is 52.0 Å². The molecule has 2 aliphatic rings. The molecule has 0 aliphatic heterocycles. The van der Waals surface area contributed by atoms with E-state index in [4.69, 9.17) is 11.5 Å². The molecule has 2 rings (SSSR count). The van der Waals surface area contributed by atoms with Crippen molar-refractivity contribution in [3.05, 3.63) is 0 Å². The molecule has 3 unspecified atom stereocenters. The quantitative estimate of drug-likeness (QED) is 0.735. The summed E-state index contributed by atoms with van der Waals surface area (Å²) in [6.07, 6.45) is 12.4. The Bertz CT molecular complexity index is 187. The van der Waals surface area contributed by atoms with Crippen LogP contribution >= 0.6 is 0 Å². The van der Waals surface area contributed by atoms with Gasteiger partial charge in [-0.1, -0.05) is 32.1 Å². The first-order valence-corrected chi connectivity index (χ1v) is 6.77. The van der Waals surface area contributed by atoms with Gasteiger partial charge in [-0.3, -0.25) is 0 Å². The minimum Gasteiger partial charge on any atom is -0.326 e. The Labute approximate surface area is 93.8 Å². The molecule has 3 atom stereocenters. The first kappa shape index (κ1) is 11.4. The van der Waals surface area contributed by atoms with Gasteiger partial charge in [-0.05, 0) is 37.5 Å². The van der Waals surface area contributed by atoms with Crippen molar-refractivity contribution in [3.63, 3.8) is 0 Å². The van der Waals surface area contributed by atoms with Crippen molar-refractivity contribution in [1.82, 2.24) is 0 Å². The molecule has 0 aromatic carbocycles. The molecule has 2 heteroatoms. The number of hydrogen-bond acceptors (Lipinski definition) is 2. The predicted molar refractivity (Wildman–Crippen MR) is 64.5 cm³/mol. The maximum Gasteiger partial charge on any atom is 0.0194 e. The van der Waals surface area contributed by atoms with Gasteiger partial charge in [0.15, 0.2) is 0 Å². The van der Waals surface area contributed by atoms with Crippen LogP contribution < -0.4 is 11.5 Å². The molecule has 0 radical (unpaired) electrons. The van der Waals surface area contributed by atoms with Crippen LogP contribution in [0.15, 0.2) is 0 Å². The van der Waals surface area contributed by atoms with E-state index in [0.29, 0.717) is 0 Å². The minimum absolute atomic E-state index is 0.271. The summed E-state index contributed by atoms with van der Waals surface area (Å²) in [6.45, 7) is 0. The molecule has 0 aromatic rings. The van der Waals surface area contributed by atoms with Crippen LogP contribution in [0.3, 0.4) is 0 Å². The Morgan fingerprint density at radius 1 is 0.733 bits per heavy atom. The lowest BCUT2D eigenvalue weighted by atomic mass is 9.75. The molecule has 2 fully saturated rings. The normalized spacial score (nSPS) is 39.2. The zero-order chi connectivity index (χ0) is 10.7. The van der Waals surface area contributed by atoms with Crippen molar-refractivity contribution >= 4 is 0 Å². The van der Waals surface area contributed by atoms with Crippen molar-refractivity contribution in [2.24, 2.45) is 23.3 Å². The van der Waals surface area contributed by atoms with E-state index in [-0.39, 0.29) is 12.1 Å². The summed E-state index contributed by atoms with van der Waals surface area (Å²) < 4.78 is 0. The number of hydrogen-bond donors (Lipinski definition) is 2. The number of rotatable bonds is 2. The average molecular weight is 210 g/mol. The van der Waals surface area contributed by atoms with Gasteiger partial charge in [0.1, 0.15) is 0 Å². The molecular weight excluding hydrogens is 184 g/mol. The van der Waals surface area contributed by atoms with Crippen LogP contribution in [0.4, 0.5) is 0 Å². The second-order valence-corrected chi connectivity index (χ2v) is 5.75. The third-order valence-corrected chi connectivity index (χ3v) is 4.46. The molecule has 4 N–H and O–H groups in total. The van der Waals surface area contributed by atoms with E-state index >= 15 is 0 Å². The van der Waals surface area contributed by atoms with Gasteiger partial charge in [-0.2, -0.15) is 0 Å². The summed E-state index contributed by atoms with van der Waals surface area (Å²) in [4.78, 5) is 0. The molecule has 2 nitrogen and oxygen atoms in total. The molecule has 0 bridgehead atoms. The van der Waals surface area contributed by atoms with Crippen LogP contribution in [-0.2, 0) is 0 Å². The highest BCUT2D eigenvalue weighted by molar-refractivity contribution is 4.86. The Balaban J connectivity index is 1.74. The summed E-state index contributed by atoms with van der Waals surface area (Å²) in [5, 5.41) is 0. The summed E-state index contributed by atoms with van der Waals surface area (Å²) in [7, 11) is 0. The van der Waals surface area contributed by atoms with Crippen LogP contribution in [0, 0.1) is 11.8 Å². The van der Waals surface area contributed by atoms with Crippen molar-refractivity contribution in [1.29, 1.82) is 0 Å². The molecule has 0 saturated heterocycles. The van der Waals surface area contributed by atoms with Crippen molar-refractivity contribution in [2.75, 3.05) is 0 Å². The third kappa shape index (κ3) is 3.18. The van der Waals surface area contributed by atoms with Crippen LogP contribution in [0.5, 0.6) is 0 Å². The van der Waals surface area contributed by atoms with Gasteiger partial charge in [0.05, 0.1) is 0 Å². The van der Waals surface area contributed by atoms with E-state index in [1.165, 1.54) is 51.4 Å². The second kappa shape index (κ2) is 5.31. The maximum absolute atomic E-state index is 6.05. The first-order chi connectivity index (χ1) is 7.25. The van der Waals surface area contributed by atoms with E-state index in [9.17, 15) is 0 Å². The minimum atomic E-state index is 0.271. The van der Waals surface area contributed by atoms with Gasteiger partial charge in [-0.25, -0.2) is 0 Å². The van der Waals surface area contributed by atoms with Crippen molar-refractivity contribution < 1.29 is 0 Å². The molecule has 0 aromatic heterocycles. The first-order valence-electron chi connectivity index (χ1n) is 6.77. The molecule has 0 heterocycles. The SMILES string of the molecule is NC1CCC(CC2CCCCC2)CC1N. The highest BCUT2D eigenvalue weighted by atomic mass is 14.8. The Kier molecular flexibility index (Phi) is 4.04. The zero-order valence-corrected chi connectivity index (χ0v) is 9.83. The smallest absolute Gasteiger partial charge is 0.0194 e. The molecule has 0 amide bonds. The lowest BCUT2D eigenvalue weighted by molar-refractivity contribution is 0.218. The fourth-order valence-corrected chi connectivity index (χ4v) is 3.43. The van der Waals surface area contributed by atoms with Crippen molar-refractivity contribution in [2.45, 2.75) is 69.9 Å². The fraction of sp³-hybridized carbons (Fsp3) is 1.00. The molecule has 2 saturated carbocycles. The third-order valence-electron chi connectivity index (χ3n) is 4.46. The lowest BCUT2D eigenvalue weighted by Crippen LogP contribution is -2.46. The fourth-order valence-electron chi connectivity index (χ4n) is 3.43. The molecule has 15 heavy (non-hydrogen) atoms. The summed E-state index contributed by atoms with van der Waals surface area (Å²) in [5.41, 5.74) is 12.0. The zero-order valence-electron chi connectivity index (χ0n) is 9.83. The van der Waals surface area contributed by atoms with Gasteiger partial charge in [0, 0.05) is 12.1 Å². The second-order valence-electron chi connectivity index (χ2n) is 5.75. The molecule has 88 valence electrons. The monoisotopic (exact) mass is 210 g/mol. The maximum atomic E-state index is 6.05. The standard InChI is InChI=1S/C13H26N2/c14-12-7-6-11(9-13(12)15)8-10-4-2-1-3-5-10/h10-13H,1-9,14-15H2. The van der Waals surface area contributed by atoms with E-state index in [2.05, 4.69) is 0 Å². The van der Waals surface area contributed by atoms with E-state index in [0.717, 1.165) is 18.3 Å². The van der Waals surface area contributed by atoms with E-state index < -0.39 is 0 Å². The number of nitrogens with two attached hydrogens (primary N) is 2. The van der Waals surface area contributed by atoms with E-state index in [1.54, 1.807) is 0 Å². The average Bonchev–Trinajstić information content (AvgIpc) is 2.25. The summed E-state index contributed by atoms with van der Waals surface area (Å²) >= 11 is 0. The molecular formula is C13H26N2. The molecule has 0 spiro atoms.